The molecule has 0 radical (unpaired) electrons. The van der Waals surface area contributed by atoms with Crippen LogP contribution in [-0.2, 0) is 27.4 Å². The molecule has 2 amide bonds. The zero-order valence-electron chi connectivity index (χ0n) is 18.0. The van der Waals surface area contributed by atoms with E-state index >= 15 is 0 Å². The third-order valence-electron chi connectivity index (χ3n) is 6.08. The van der Waals surface area contributed by atoms with E-state index in [4.69, 9.17) is 9.47 Å². The minimum atomic E-state index is -0.0746. The molecule has 1 N–H and O–H groups in total. The molecule has 2 aromatic rings. The highest BCUT2D eigenvalue weighted by molar-refractivity contribution is 5.93. The van der Waals surface area contributed by atoms with Crippen LogP contribution in [0, 0.1) is 5.92 Å². The molecule has 8 nitrogen and oxygen atoms in total. The molecule has 1 saturated heterocycles. The molecule has 0 spiro atoms. The highest BCUT2D eigenvalue weighted by Gasteiger charge is 2.32. The van der Waals surface area contributed by atoms with Gasteiger partial charge in [-0.3, -0.25) is 9.59 Å². The summed E-state index contributed by atoms with van der Waals surface area (Å²) in [5, 5.41) is 2.96. The van der Waals surface area contributed by atoms with Crippen LogP contribution in [0.15, 0.2) is 36.7 Å². The van der Waals surface area contributed by atoms with E-state index in [2.05, 4.69) is 22.4 Å². The standard InChI is InChI=1S/C23H30N4O4/c1-30-13-5-10-24-22(28)18-8-11-26(12-9-18)23(29)21-19-15-31-20(14-27(19)16-25-21)17-6-3-2-4-7-17/h2-4,6-7,16,18,20H,5,8-15H2,1H3,(H,24,28)/t20-/m0/s1. The summed E-state index contributed by atoms with van der Waals surface area (Å²) < 4.78 is 13.1. The third kappa shape index (κ3) is 4.97. The number of likely N-dealkylation sites (tertiary alicyclic amines) is 1. The molecule has 4 rings (SSSR count). The number of benzene rings is 1. The molecule has 0 aliphatic carbocycles. The van der Waals surface area contributed by atoms with Crippen molar-refractivity contribution in [1.29, 1.82) is 0 Å². The van der Waals surface area contributed by atoms with Crippen LogP contribution < -0.4 is 5.32 Å². The lowest BCUT2D eigenvalue weighted by molar-refractivity contribution is -0.126. The lowest BCUT2D eigenvalue weighted by Crippen LogP contribution is -2.43. The first kappa shape index (κ1) is 21.5. The van der Waals surface area contributed by atoms with Crippen molar-refractivity contribution < 1.29 is 19.1 Å². The lowest BCUT2D eigenvalue weighted by Gasteiger charge is -2.31. The van der Waals surface area contributed by atoms with E-state index in [0.29, 0.717) is 57.9 Å². The van der Waals surface area contributed by atoms with E-state index in [-0.39, 0.29) is 23.8 Å². The van der Waals surface area contributed by atoms with Crippen molar-refractivity contribution in [3.05, 3.63) is 53.6 Å². The first-order chi connectivity index (χ1) is 15.2. The second-order valence-corrected chi connectivity index (χ2v) is 8.11. The molecule has 1 aromatic carbocycles. The average Bonchev–Trinajstić information content (AvgIpc) is 3.25. The molecular formula is C23H30N4O4. The number of nitrogens with zero attached hydrogens (tertiary/aromatic N) is 3. The molecule has 2 aliphatic rings. The molecule has 0 unspecified atom stereocenters. The molecular weight excluding hydrogens is 396 g/mol. The Morgan fingerprint density at radius 3 is 2.74 bits per heavy atom. The second kappa shape index (κ2) is 10.1. The van der Waals surface area contributed by atoms with E-state index in [9.17, 15) is 9.59 Å². The summed E-state index contributed by atoms with van der Waals surface area (Å²) in [6, 6.07) is 10.1. The van der Waals surface area contributed by atoms with E-state index in [1.54, 1.807) is 18.3 Å². The van der Waals surface area contributed by atoms with Gasteiger partial charge in [0.15, 0.2) is 5.69 Å². The Morgan fingerprint density at radius 1 is 1.23 bits per heavy atom. The van der Waals surface area contributed by atoms with Crippen LogP contribution in [0.5, 0.6) is 0 Å². The molecule has 8 heteroatoms. The topological polar surface area (TPSA) is 85.7 Å². The fourth-order valence-electron chi connectivity index (χ4n) is 4.24. The number of ether oxygens (including phenoxy) is 2. The number of nitrogens with one attached hydrogen (secondary N) is 1. The van der Waals surface area contributed by atoms with Gasteiger partial charge in [0.1, 0.15) is 6.10 Å². The van der Waals surface area contributed by atoms with Gasteiger partial charge in [-0.15, -0.1) is 0 Å². The van der Waals surface area contributed by atoms with Gasteiger partial charge in [-0.05, 0) is 24.8 Å². The van der Waals surface area contributed by atoms with Crippen LogP contribution >= 0.6 is 0 Å². The Morgan fingerprint density at radius 2 is 2.00 bits per heavy atom. The summed E-state index contributed by atoms with van der Waals surface area (Å²) in [7, 11) is 1.65. The minimum absolute atomic E-state index is 0.0380. The SMILES string of the molecule is COCCCNC(=O)C1CCN(C(=O)c2ncn3c2CO[C@H](c2ccccc2)C3)CC1. The van der Waals surface area contributed by atoms with E-state index in [1.165, 1.54) is 0 Å². The van der Waals surface area contributed by atoms with Crippen molar-refractivity contribution in [2.45, 2.75) is 38.5 Å². The van der Waals surface area contributed by atoms with E-state index in [0.717, 1.165) is 17.7 Å². The fourth-order valence-corrected chi connectivity index (χ4v) is 4.24. The quantitative estimate of drug-likeness (QED) is 0.686. The van der Waals surface area contributed by atoms with Crippen LogP contribution in [-0.4, -0.2) is 59.6 Å². The molecule has 1 fully saturated rings. The van der Waals surface area contributed by atoms with E-state index < -0.39 is 0 Å². The Kier molecular flexibility index (Phi) is 6.99. The van der Waals surface area contributed by atoms with Gasteiger partial charge >= 0.3 is 0 Å². The van der Waals surface area contributed by atoms with Gasteiger partial charge in [-0.25, -0.2) is 4.98 Å². The Balaban J connectivity index is 1.31. The molecule has 1 atom stereocenters. The van der Waals surface area contributed by atoms with Gasteiger partial charge in [0, 0.05) is 39.3 Å². The number of hydrogen-bond acceptors (Lipinski definition) is 5. The Bertz CT molecular complexity index is 890. The van der Waals surface area contributed by atoms with Crippen molar-refractivity contribution >= 4 is 11.8 Å². The number of fused-ring (bicyclic) bond motifs is 1. The summed E-state index contributed by atoms with van der Waals surface area (Å²) in [5.74, 6) is -0.0464. The van der Waals surface area contributed by atoms with E-state index in [1.807, 2.05) is 22.8 Å². The Hall–Kier alpha value is -2.71. The van der Waals surface area contributed by atoms with Crippen molar-refractivity contribution in [1.82, 2.24) is 19.8 Å². The maximum absolute atomic E-state index is 13.1. The van der Waals surface area contributed by atoms with Gasteiger partial charge in [0.2, 0.25) is 5.91 Å². The van der Waals surface area contributed by atoms with Crippen LogP contribution in [0.1, 0.15) is 47.1 Å². The van der Waals surface area contributed by atoms with Gasteiger partial charge in [0.25, 0.3) is 5.91 Å². The molecule has 31 heavy (non-hydrogen) atoms. The second-order valence-electron chi connectivity index (χ2n) is 8.11. The summed E-state index contributed by atoms with van der Waals surface area (Å²) in [4.78, 5) is 31.6. The zero-order chi connectivity index (χ0) is 21.6. The highest BCUT2D eigenvalue weighted by Crippen LogP contribution is 2.28. The van der Waals surface area contributed by atoms with Crippen LogP contribution in [0.4, 0.5) is 0 Å². The van der Waals surface area contributed by atoms with Crippen molar-refractivity contribution in [3.8, 4) is 0 Å². The fraction of sp³-hybridized carbons (Fsp3) is 0.522. The zero-order valence-corrected chi connectivity index (χ0v) is 18.0. The first-order valence-electron chi connectivity index (χ1n) is 10.9. The number of imidazole rings is 1. The highest BCUT2D eigenvalue weighted by atomic mass is 16.5. The van der Waals surface area contributed by atoms with Gasteiger partial charge < -0.3 is 24.3 Å². The molecule has 1 aromatic heterocycles. The van der Waals surface area contributed by atoms with Crippen LogP contribution in [0.2, 0.25) is 0 Å². The monoisotopic (exact) mass is 426 g/mol. The maximum Gasteiger partial charge on any atom is 0.274 e. The van der Waals surface area contributed by atoms with Crippen molar-refractivity contribution in [2.24, 2.45) is 5.92 Å². The van der Waals surface area contributed by atoms with Crippen molar-refractivity contribution in [2.75, 3.05) is 33.4 Å². The summed E-state index contributed by atoms with van der Waals surface area (Å²) >= 11 is 0. The number of rotatable bonds is 7. The number of hydrogen-bond donors (Lipinski definition) is 1. The smallest absolute Gasteiger partial charge is 0.274 e. The molecule has 3 heterocycles. The largest absolute Gasteiger partial charge is 0.385 e. The van der Waals surface area contributed by atoms with Crippen LogP contribution in [0.3, 0.4) is 0 Å². The van der Waals surface area contributed by atoms with Crippen molar-refractivity contribution in [3.63, 3.8) is 0 Å². The average molecular weight is 427 g/mol. The molecule has 0 saturated carbocycles. The van der Waals surface area contributed by atoms with Gasteiger partial charge in [0.05, 0.1) is 25.2 Å². The number of piperidine rings is 1. The number of carbonyl (C=O) groups excluding carboxylic acids is 2. The maximum atomic E-state index is 13.1. The molecule has 2 aliphatic heterocycles. The van der Waals surface area contributed by atoms with Crippen LogP contribution in [0.25, 0.3) is 0 Å². The summed E-state index contributed by atoms with van der Waals surface area (Å²) in [6.07, 6.45) is 3.85. The number of aromatic nitrogens is 2. The summed E-state index contributed by atoms with van der Waals surface area (Å²) in [6.45, 7) is 3.39. The van der Waals surface area contributed by atoms with Gasteiger partial charge in [-0.2, -0.15) is 0 Å². The number of methoxy groups -OCH3 is 1. The minimum Gasteiger partial charge on any atom is -0.385 e. The normalized spacial score (nSPS) is 19.1. The predicted octanol–water partition coefficient (Wildman–Crippen LogP) is 2.16. The predicted molar refractivity (Wildman–Crippen MR) is 114 cm³/mol. The molecule has 166 valence electrons. The van der Waals surface area contributed by atoms with Gasteiger partial charge in [-0.1, -0.05) is 30.3 Å². The molecule has 0 bridgehead atoms. The summed E-state index contributed by atoms with van der Waals surface area (Å²) in [5.41, 5.74) is 2.42. The Labute approximate surface area is 182 Å². The number of amides is 2. The lowest BCUT2D eigenvalue weighted by atomic mass is 9.95. The number of carbonyl (C=O) groups is 2. The first-order valence-corrected chi connectivity index (χ1v) is 10.9. The third-order valence-corrected chi connectivity index (χ3v) is 6.08.